The van der Waals surface area contributed by atoms with Gasteiger partial charge in [0.1, 0.15) is 0 Å². The summed E-state index contributed by atoms with van der Waals surface area (Å²) in [7, 11) is 0. The van der Waals surface area contributed by atoms with E-state index in [9.17, 15) is 5.11 Å². The van der Waals surface area contributed by atoms with Gasteiger partial charge in [-0.05, 0) is 43.0 Å². The van der Waals surface area contributed by atoms with Gasteiger partial charge >= 0.3 is 0 Å². The Morgan fingerprint density at radius 3 is 2.52 bits per heavy atom. The van der Waals surface area contributed by atoms with Gasteiger partial charge in [0.25, 0.3) is 0 Å². The molecule has 2 aromatic carbocycles. The van der Waals surface area contributed by atoms with Crippen LogP contribution < -0.4 is 0 Å². The molecule has 130 valence electrons. The predicted molar refractivity (Wildman–Crippen MR) is 103 cm³/mol. The molecule has 1 aromatic heterocycles. The molecule has 3 heteroatoms. The van der Waals surface area contributed by atoms with Gasteiger partial charge in [0, 0.05) is 36.2 Å². The molecule has 0 aliphatic carbocycles. The molecule has 1 aliphatic rings. The lowest BCUT2D eigenvalue weighted by atomic mass is 10.00. The summed E-state index contributed by atoms with van der Waals surface area (Å²) in [6, 6.07) is 17.1. The molecule has 1 atom stereocenters. The van der Waals surface area contributed by atoms with E-state index in [2.05, 4.69) is 71.8 Å². The third-order valence-corrected chi connectivity index (χ3v) is 5.62. The van der Waals surface area contributed by atoms with Crippen LogP contribution in [0.15, 0.2) is 48.5 Å². The third kappa shape index (κ3) is 3.10. The number of aliphatic hydroxyl groups is 1. The smallest absolute Gasteiger partial charge is 0.0845 e. The largest absolute Gasteiger partial charge is 0.390 e. The molecule has 0 bridgehead atoms. The zero-order chi connectivity index (χ0) is 17.4. The van der Waals surface area contributed by atoms with Crippen LogP contribution >= 0.6 is 0 Å². The predicted octanol–water partition coefficient (Wildman–Crippen LogP) is 3.68. The van der Waals surface area contributed by atoms with Crippen LogP contribution in [0.2, 0.25) is 0 Å². The zero-order valence-electron chi connectivity index (χ0n) is 15.1. The Bertz CT molecular complexity index is 896. The molecule has 1 N–H and O–H groups in total. The van der Waals surface area contributed by atoms with E-state index >= 15 is 0 Å². The summed E-state index contributed by atoms with van der Waals surface area (Å²) in [5, 5.41) is 12.0. The highest BCUT2D eigenvalue weighted by Crippen LogP contribution is 2.25. The van der Waals surface area contributed by atoms with Gasteiger partial charge in [0.2, 0.25) is 0 Å². The van der Waals surface area contributed by atoms with Crippen molar-refractivity contribution in [3.8, 4) is 0 Å². The van der Waals surface area contributed by atoms with Gasteiger partial charge in [0.05, 0.1) is 12.6 Å². The van der Waals surface area contributed by atoms with Crippen LogP contribution in [0.1, 0.15) is 22.4 Å². The first kappa shape index (κ1) is 16.4. The number of rotatable bonds is 4. The number of nitrogens with zero attached hydrogens (tertiary/aromatic N) is 2. The van der Waals surface area contributed by atoms with Crippen LogP contribution in [0.3, 0.4) is 0 Å². The summed E-state index contributed by atoms with van der Waals surface area (Å²) < 4.78 is 2.27. The summed E-state index contributed by atoms with van der Waals surface area (Å²) in [6.07, 6.45) is 0.715. The molecular formula is C22H26N2O. The molecule has 0 saturated carbocycles. The van der Waals surface area contributed by atoms with Crippen molar-refractivity contribution in [3.05, 3.63) is 70.9 Å². The second kappa shape index (κ2) is 6.66. The van der Waals surface area contributed by atoms with Crippen LogP contribution in [-0.2, 0) is 19.5 Å². The Morgan fingerprint density at radius 1 is 0.960 bits per heavy atom. The second-order valence-electron chi connectivity index (χ2n) is 7.25. The summed E-state index contributed by atoms with van der Waals surface area (Å²) in [5.74, 6) is 0. The summed E-state index contributed by atoms with van der Waals surface area (Å²) >= 11 is 0. The van der Waals surface area contributed by atoms with Crippen molar-refractivity contribution in [3.63, 3.8) is 0 Å². The molecule has 0 unspecified atom stereocenters. The Kier molecular flexibility index (Phi) is 4.36. The Hall–Kier alpha value is -2.10. The van der Waals surface area contributed by atoms with Crippen LogP contribution in [0.25, 0.3) is 10.9 Å². The first-order valence-corrected chi connectivity index (χ1v) is 9.15. The number of aryl methyl sites for hydroxylation is 1. The summed E-state index contributed by atoms with van der Waals surface area (Å²) in [4.78, 5) is 2.38. The van der Waals surface area contributed by atoms with Crippen molar-refractivity contribution < 1.29 is 5.11 Å². The Labute approximate surface area is 149 Å². The number of aromatic nitrogens is 1. The molecule has 0 spiro atoms. The number of aliphatic hydroxyl groups excluding tert-OH is 1. The lowest BCUT2D eigenvalue weighted by Gasteiger charge is -2.30. The molecule has 0 amide bonds. The Balaban J connectivity index is 1.49. The number of β-amino-alcohol motifs (C(OH)–C–C–N with tert-alkyl or cyclic N) is 1. The maximum absolute atomic E-state index is 10.7. The lowest BCUT2D eigenvalue weighted by molar-refractivity contribution is 0.0923. The zero-order valence-corrected chi connectivity index (χ0v) is 15.1. The first-order chi connectivity index (χ1) is 12.1. The van der Waals surface area contributed by atoms with Gasteiger partial charge in [0.15, 0.2) is 0 Å². The molecule has 25 heavy (non-hydrogen) atoms. The van der Waals surface area contributed by atoms with Gasteiger partial charge in [-0.15, -0.1) is 0 Å². The van der Waals surface area contributed by atoms with Crippen molar-refractivity contribution >= 4 is 10.9 Å². The highest BCUT2D eigenvalue weighted by atomic mass is 16.3. The van der Waals surface area contributed by atoms with E-state index in [1.165, 1.54) is 33.3 Å². The molecule has 0 fully saturated rings. The Morgan fingerprint density at radius 2 is 1.68 bits per heavy atom. The second-order valence-corrected chi connectivity index (χ2v) is 7.25. The van der Waals surface area contributed by atoms with Gasteiger partial charge < -0.3 is 9.67 Å². The molecule has 3 nitrogen and oxygen atoms in total. The molecule has 0 saturated heterocycles. The molecule has 2 heterocycles. The number of para-hydroxylation sites is 1. The van der Waals surface area contributed by atoms with E-state index in [0.717, 1.165) is 26.1 Å². The quantitative estimate of drug-likeness (QED) is 0.788. The molecule has 4 rings (SSSR count). The summed E-state index contributed by atoms with van der Waals surface area (Å²) in [6.45, 7) is 7.66. The molecular weight excluding hydrogens is 308 g/mol. The summed E-state index contributed by atoms with van der Waals surface area (Å²) in [5.41, 5.74) is 6.65. The van der Waals surface area contributed by atoms with Crippen LogP contribution in [0.4, 0.5) is 0 Å². The number of benzene rings is 2. The fraction of sp³-hybridized carbons (Fsp3) is 0.364. The van der Waals surface area contributed by atoms with E-state index in [0.29, 0.717) is 6.54 Å². The fourth-order valence-electron chi connectivity index (χ4n) is 4.12. The minimum absolute atomic E-state index is 0.362. The van der Waals surface area contributed by atoms with Crippen LogP contribution in [-0.4, -0.2) is 33.8 Å². The van der Waals surface area contributed by atoms with E-state index in [1.807, 2.05) is 0 Å². The van der Waals surface area contributed by atoms with Crippen molar-refractivity contribution in [2.45, 2.75) is 39.5 Å². The van der Waals surface area contributed by atoms with Crippen molar-refractivity contribution in [2.24, 2.45) is 0 Å². The van der Waals surface area contributed by atoms with E-state index in [4.69, 9.17) is 0 Å². The van der Waals surface area contributed by atoms with Crippen molar-refractivity contribution in [2.75, 3.05) is 13.1 Å². The average molecular weight is 334 g/mol. The van der Waals surface area contributed by atoms with Gasteiger partial charge in [-0.2, -0.15) is 0 Å². The van der Waals surface area contributed by atoms with E-state index < -0.39 is 0 Å². The third-order valence-electron chi connectivity index (χ3n) is 5.62. The van der Waals surface area contributed by atoms with Gasteiger partial charge in [-0.1, -0.05) is 42.5 Å². The monoisotopic (exact) mass is 334 g/mol. The standard InChI is InChI=1S/C22H26N2O/c1-16-17(2)24(22-10-6-5-9-21(16)22)15-20(25)14-23-12-11-18-7-3-4-8-19(18)13-23/h3-10,20,25H,11-15H2,1-2H3/t20-/m0/s1. The maximum Gasteiger partial charge on any atom is 0.0845 e. The average Bonchev–Trinajstić information content (AvgIpc) is 2.87. The lowest BCUT2D eigenvalue weighted by Crippen LogP contribution is -2.38. The van der Waals surface area contributed by atoms with Gasteiger partial charge in [-0.3, -0.25) is 4.90 Å². The molecule has 0 radical (unpaired) electrons. The fourth-order valence-corrected chi connectivity index (χ4v) is 4.12. The number of hydrogen-bond acceptors (Lipinski definition) is 2. The number of fused-ring (bicyclic) bond motifs is 2. The van der Waals surface area contributed by atoms with Crippen LogP contribution in [0, 0.1) is 13.8 Å². The van der Waals surface area contributed by atoms with Crippen LogP contribution in [0.5, 0.6) is 0 Å². The normalized spacial score (nSPS) is 16.1. The van der Waals surface area contributed by atoms with Gasteiger partial charge in [-0.25, -0.2) is 0 Å². The minimum Gasteiger partial charge on any atom is -0.390 e. The van der Waals surface area contributed by atoms with E-state index in [1.54, 1.807) is 0 Å². The SMILES string of the molecule is Cc1c(C)n(C[C@@H](O)CN2CCc3ccccc3C2)c2ccccc12. The van der Waals surface area contributed by atoms with Crippen molar-refractivity contribution in [1.82, 2.24) is 9.47 Å². The molecule has 1 aliphatic heterocycles. The molecule has 3 aromatic rings. The number of hydrogen-bond donors (Lipinski definition) is 1. The topological polar surface area (TPSA) is 28.4 Å². The first-order valence-electron chi connectivity index (χ1n) is 9.15. The highest BCUT2D eigenvalue weighted by Gasteiger charge is 2.20. The maximum atomic E-state index is 10.7. The highest BCUT2D eigenvalue weighted by molar-refractivity contribution is 5.85. The minimum atomic E-state index is -0.362. The van der Waals surface area contributed by atoms with Crippen molar-refractivity contribution in [1.29, 1.82) is 0 Å². The van der Waals surface area contributed by atoms with E-state index in [-0.39, 0.29) is 6.10 Å².